The van der Waals surface area contributed by atoms with Crippen LogP contribution < -0.4 is 0 Å². The molecule has 1 spiro atoms. The van der Waals surface area contributed by atoms with E-state index in [1.807, 2.05) is 20.8 Å². The van der Waals surface area contributed by atoms with Crippen molar-refractivity contribution < 1.29 is 25.5 Å². The van der Waals surface area contributed by atoms with Gasteiger partial charge in [0.25, 0.3) is 0 Å². The Labute approximate surface area is 150 Å². The van der Waals surface area contributed by atoms with Crippen LogP contribution >= 0.6 is 0 Å². The minimum Gasteiger partial charge on any atom is -0.392 e. The van der Waals surface area contributed by atoms with Crippen molar-refractivity contribution in [2.45, 2.75) is 89.3 Å². The van der Waals surface area contributed by atoms with E-state index in [4.69, 9.17) is 0 Å². The number of rotatable bonds is 0. The number of hydrogen-bond acceptors (Lipinski definition) is 5. The molecule has 0 aliphatic heterocycles. The summed E-state index contributed by atoms with van der Waals surface area (Å²) in [6.07, 6.45) is 0.606. The molecule has 2 bridgehead atoms. The van der Waals surface area contributed by atoms with E-state index < -0.39 is 40.3 Å². The lowest BCUT2D eigenvalue weighted by Gasteiger charge is -2.47. The molecule has 4 aliphatic carbocycles. The average Bonchev–Trinajstić information content (AvgIpc) is 2.71. The van der Waals surface area contributed by atoms with Crippen LogP contribution in [0.3, 0.4) is 0 Å². The molecule has 25 heavy (non-hydrogen) atoms. The van der Waals surface area contributed by atoms with Crippen LogP contribution in [-0.4, -0.2) is 55.0 Å². The van der Waals surface area contributed by atoms with Gasteiger partial charge in [-0.15, -0.1) is 0 Å². The molecule has 144 valence electrons. The van der Waals surface area contributed by atoms with Gasteiger partial charge in [-0.1, -0.05) is 20.8 Å². The van der Waals surface area contributed by atoms with Gasteiger partial charge >= 0.3 is 0 Å². The number of aliphatic hydroxyl groups excluding tert-OH is 3. The lowest BCUT2D eigenvalue weighted by atomic mass is 9.59. The molecular formula is C20H34O5. The summed E-state index contributed by atoms with van der Waals surface area (Å²) in [4.78, 5) is 0. The third-order valence-corrected chi connectivity index (χ3v) is 9.24. The van der Waals surface area contributed by atoms with Crippen molar-refractivity contribution in [2.75, 3.05) is 0 Å². The second-order valence-electron chi connectivity index (χ2n) is 10.5. The fourth-order valence-electron chi connectivity index (χ4n) is 7.79. The van der Waals surface area contributed by atoms with E-state index in [2.05, 4.69) is 6.92 Å². The molecule has 0 aromatic rings. The van der Waals surface area contributed by atoms with Gasteiger partial charge in [0, 0.05) is 16.7 Å². The van der Waals surface area contributed by atoms with E-state index in [0.717, 1.165) is 12.8 Å². The monoisotopic (exact) mass is 354 g/mol. The van der Waals surface area contributed by atoms with Gasteiger partial charge in [0.05, 0.1) is 23.9 Å². The highest BCUT2D eigenvalue weighted by Gasteiger charge is 2.72. The number of fused-ring (bicyclic) bond motifs is 2. The summed E-state index contributed by atoms with van der Waals surface area (Å²) < 4.78 is 0. The molecule has 0 saturated heterocycles. The van der Waals surface area contributed by atoms with E-state index in [-0.39, 0.29) is 23.7 Å². The fraction of sp³-hybridized carbons (Fsp3) is 1.00. The van der Waals surface area contributed by atoms with Crippen molar-refractivity contribution in [1.29, 1.82) is 0 Å². The van der Waals surface area contributed by atoms with Gasteiger partial charge in [-0.3, -0.25) is 0 Å². The zero-order valence-electron chi connectivity index (χ0n) is 15.8. The van der Waals surface area contributed by atoms with Crippen molar-refractivity contribution in [3.8, 4) is 0 Å². The van der Waals surface area contributed by atoms with Crippen LogP contribution in [0.4, 0.5) is 0 Å². The zero-order chi connectivity index (χ0) is 18.6. The smallest absolute Gasteiger partial charge is 0.101 e. The van der Waals surface area contributed by atoms with Gasteiger partial charge < -0.3 is 25.5 Å². The second-order valence-corrected chi connectivity index (χ2v) is 10.5. The van der Waals surface area contributed by atoms with Crippen LogP contribution in [0.25, 0.3) is 0 Å². The van der Waals surface area contributed by atoms with Crippen LogP contribution in [0.15, 0.2) is 0 Å². The summed E-state index contributed by atoms with van der Waals surface area (Å²) in [6, 6.07) is 0. The van der Waals surface area contributed by atoms with E-state index >= 15 is 0 Å². The first-order valence-corrected chi connectivity index (χ1v) is 9.88. The molecule has 2 unspecified atom stereocenters. The Morgan fingerprint density at radius 2 is 1.44 bits per heavy atom. The third-order valence-electron chi connectivity index (χ3n) is 9.24. The molecule has 5 nitrogen and oxygen atoms in total. The third kappa shape index (κ3) is 1.92. The first-order chi connectivity index (χ1) is 11.4. The summed E-state index contributed by atoms with van der Waals surface area (Å²) in [5, 5.41) is 55.4. The minimum absolute atomic E-state index is 0.0723. The fourth-order valence-corrected chi connectivity index (χ4v) is 7.79. The van der Waals surface area contributed by atoms with Crippen molar-refractivity contribution in [3.05, 3.63) is 0 Å². The summed E-state index contributed by atoms with van der Waals surface area (Å²) in [5.74, 6) is -0.147. The summed E-state index contributed by atoms with van der Waals surface area (Å²) in [7, 11) is 0. The summed E-state index contributed by atoms with van der Waals surface area (Å²) >= 11 is 0. The lowest BCUT2D eigenvalue weighted by Crippen LogP contribution is -2.57. The van der Waals surface area contributed by atoms with Gasteiger partial charge in [0.15, 0.2) is 0 Å². The van der Waals surface area contributed by atoms with Gasteiger partial charge in [-0.05, 0) is 56.8 Å². The van der Waals surface area contributed by atoms with Crippen molar-refractivity contribution in [1.82, 2.24) is 0 Å². The van der Waals surface area contributed by atoms with E-state index in [0.29, 0.717) is 19.3 Å². The molecule has 10 atom stereocenters. The topological polar surface area (TPSA) is 101 Å². The minimum atomic E-state index is -1.37. The SMILES string of the molecule is C[C@@H]1[C@@H]2CCC3[C@H](O)C2(C[C@H](O)[C@@]2(O)[C@H]1C[C@H](O)C2(C)C)C[C@@]3(C)O. The zero-order valence-corrected chi connectivity index (χ0v) is 15.8. The molecule has 0 aromatic heterocycles. The number of hydrogen-bond donors (Lipinski definition) is 5. The van der Waals surface area contributed by atoms with Crippen molar-refractivity contribution in [3.63, 3.8) is 0 Å². The van der Waals surface area contributed by atoms with E-state index in [1.54, 1.807) is 0 Å². The quantitative estimate of drug-likeness (QED) is 0.448. The molecule has 4 saturated carbocycles. The van der Waals surface area contributed by atoms with E-state index in [9.17, 15) is 25.5 Å². The van der Waals surface area contributed by atoms with Crippen LogP contribution in [0.2, 0.25) is 0 Å². The van der Waals surface area contributed by atoms with Gasteiger partial charge in [0.1, 0.15) is 5.60 Å². The maximum Gasteiger partial charge on any atom is 0.101 e. The first-order valence-electron chi connectivity index (χ1n) is 9.88. The molecule has 0 heterocycles. The highest BCUT2D eigenvalue weighted by atomic mass is 16.4. The van der Waals surface area contributed by atoms with Crippen LogP contribution in [0.1, 0.15) is 59.8 Å². The van der Waals surface area contributed by atoms with Gasteiger partial charge in [0.2, 0.25) is 0 Å². The Bertz CT molecular complexity index is 574. The Morgan fingerprint density at radius 3 is 2.08 bits per heavy atom. The van der Waals surface area contributed by atoms with Crippen LogP contribution in [0.5, 0.6) is 0 Å². The predicted molar refractivity (Wildman–Crippen MR) is 92.5 cm³/mol. The molecule has 4 rings (SSSR count). The predicted octanol–water partition coefficient (Wildman–Crippen LogP) is 1.05. The molecule has 0 radical (unpaired) electrons. The molecule has 4 fully saturated rings. The molecule has 5 heteroatoms. The normalized spacial score (nSPS) is 63.0. The first kappa shape index (κ1) is 18.2. The number of aliphatic hydroxyl groups is 5. The molecule has 4 aliphatic rings. The molecular weight excluding hydrogens is 320 g/mol. The highest BCUT2D eigenvalue weighted by Crippen LogP contribution is 2.68. The van der Waals surface area contributed by atoms with Gasteiger partial charge in [-0.25, -0.2) is 0 Å². The van der Waals surface area contributed by atoms with Crippen molar-refractivity contribution >= 4 is 0 Å². The molecule has 0 amide bonds. The van der Waals surface area contributed by atoms with Gasteiger partial charge in [-0.2, -0.15) is 0 Å². The Balaban J connectivity index is 1.83. The lowest BCUT2D eigenvalue weighted by molar-refractivity contribution is -0.178. The van der Waals surface area contributed by atoms with Crippen LogP contribution in [0, 0.1) is 34.5 Å². The molecule has 5 N–H and O–H groups in total. The summed E-state index contributed by atoms with van der Waals surface area (Å²) in [5.41, 5.74) is -3.65. The Morgan fingerprint density at radius 1 is 0.840 bits per heavy atom. The Hall–Kier alpha value is -0.200. The highest BCUT2D eigenvalue weighted by molar-refractivity contribution is 5.22. The average molecular weight is 354 g/mol. The maximum absolute atomic E-state index is 11.7. The maximum atomic E-state index is 11.7. The largest absolute Gasteiger partial charge is 0.392 e. The standard InChI is InChI=1S/C20H34O5/c1-10-11-5-6-12-16(23)19(11,9-18(12,4)24)8-15(22)20(25)13(10)7-14(21)17(20,2)3/h10-16,21-25H,5-9H2,1-4H3/t10-,11+,12?,13+,14+,15+,16+,18-,19?,20+/m1/s1. The summed E-state index contributed by atoms with van der Waals surface area (Å²) in [6.45, 7) is 7.59. The van der Waals surface area contributed by atoms with Crippen molar-refractivity contribution in [2.24, 2.45) is 34.5 Å². The molecule has 0 aromatic carbocycles. The second kappa shape index (κ2) is 4.99. The van der Waals surface area contributed by atoms with Crippen LogP contribution in [-0.2, 0) is 0 Å². The van der Waals surface area contributed by atoms with E-state index in [1.165, 1.54) is 0 Å². The Kier molecular flexibility index (Phi) is 3.63.